The second-order valence-corrected chi connectivity index (χ2v) is 3.93. The third-order valence-corrected chi connectivity index (χ3v) is 2.87. The van der Waals surface area contributed by atoms with E-state index in [0.29, 0.717) is 12.5 Å². The first-order valence-corrected chi connectivity index (χ1v) is 5.76. The van der Waals surface area contributed by atoms with Crippen LogP contribution in [0.3, 0.4) is 0 Å². The summed E-state index contributed by atoms with van der Waals surface area (Å²) >= 11 is 0. The predicted octanol–water partition coefficient (Wildman–Crippen LogP) is 2.12. The Morgan fingerprint density at radius 2 is 2.21 bits per heavy atom. The Bertz CT molecular complexity index is 152. The molecule has 1 aliphatic heterocycles. The molecule has 3 heteroatoms. The van der Waals surface area contributed by atoms with Gasteiger partial charge in [0.05, 0.1) is 6.61 Å². The zero-order valence-corrected chi connectivity index (χ0v) is 9.58. The van der Waals surface area contributed by atoms with Crippen LogP contribution in [0.4, 0.5) is 0 Å². The molecule has 0 amide bonds. The van der Waals surface area contributed by atoms with Gasteiger partial charge in [-0.1, -0.05) is 26.7 Å². The van der Waals surface area contributed by atoms with E-state index in [4.69, 9.17) is 9.47 Å². The topological polar surface area (TPSA) is 30.5 Å². The van der Waals surface area contributed by atoms with Crippen molar-refractivity contribution in [2.75, 3.05) is 13.7 Å². The molecule has 1 aliphatic rings. The summed E-state index contributed by atoms with van der Waals surface area (Å²) < 4.78 is 11.3. The molecule has 0 aromatic heterocycles. The van der Waals surface area contributed by atoms with E-state index in [0.717, 1.165) is 6.42 Å². The predicted molar refractivity (Wildman–Crippen MR) is 57.0 cm³/mol. The largest absolute Gasteiger partial charge is 0.348 e. The Labute approximate surface area is 87.2 Å². The van der Waals surface area contributed by atoms with Crippen molar-refractivity contribution in [3.05, 3.63) is 0 Å². The van der Waals surface area contributed by atoms with Crippen LogP contribution in [0.15, 0.2) is 0 Å². The lowest BCUT2D eigenvalue weighted by molar-refractivity contribution is -0.103. The SMILES string of the molecule is CCCCC(CC)C1OCC(NC)O1. The van der Waals surface area contributed by atoms with Crippen molar-refractivity contribution in [1.82, 2.24) is 5.32 Å². The molecular weight excluding hydrogens is 178 g/mol. The number of nitrogens with one attached hydrogen (secondary N) is 1. The van der Waals surface area contributed by atoms with E-state index in [2.05, 4.69) is 19.2 Å². The summed E-state index contributed by atoms with van der Waals surface area (Å²) in [5.41, 5.74) is 0. The van der Waals surface area contributed by atoms with Gasteiger partial charge in [-0.15, -0.1) is 0 Å². The Hall–Kier alpha value is -0.120. The maximum Gasteiger partial charge on any atom is 0.162 e. The van der Waals surface area contributed by atoms with Crippen LogP contribution in [-0.4, -0.2) is 26.2 Å². The number of hydrogen-bond donors (Lipinski definition) is 1. The second kappa shape index (κ2) is 6.38. The summed E-state index contributed by atoms with van der Waals surface area (Å²) in [5, 5.41) is 3.08. The van der Waals surface area contributed by atoms with Gasteiger partial charge in [0.2, 0.25) is 0 Å². The molecule has 1 rings (SSSR count). The molecule has 1 saturated heterocycles. The molecule has 0 radical (unpaired) electrons. The molecule has 1 N–H and O–H groups in total. The van der Waals surface area contributed by atoms with Gasteiger partial charge in [0.15, 0.2) is 6.29 Å². The van der Waals surface area contributed by atoms with E-state index in [1.807, 2.05) is 7.05 Å². The van der Waals surface area contributed by atoms with Gasteiger partial charge in [0.25, 0.3) is 0 Å². The van der Waals surface area contributed by atoms with Crippen LogP contribution in [0, 0.1) is 5.92 Å². The van der Waals surface area contributed by atoms with E-state index in [-0.39, 0.29) is 12.5 Å². The van der Waals surface area contributed by atoms with Crippen LogP contribution < -0.4 is 5.32 Å². The van der Waals surface area contributed by atoms with Gasteiger partial charge in [-0.05, 0) is 19.9 Å². The highest BCUT2D eigenvalue weighted by atomic mass is 16.7. The van der Waals surface area contributed by atoms with Crippen molar-refractivity contribution in [1.29, 1.82) is 0 Å². The van der Waals surface area contributed by atoms with E-state index < -0.39 is 0 Å². The summed E-state index contributed by atoms with van der Waals surface area (Å²) in [6.07, 6.45) is 4.99. The highest BCUT2D eigenvalue weighted by molar-refractivity contribution is 4.69. The van der Waals surface area contributed by atoms with Crippen LogP contribution in [0.25, 0.3) is 0 Å². The van der Waals surface area contributed by atoms with E-state index in [1.54, 1.807) is 0 Å². The average Bonchev–Trinajstić information content (AvgIpc) is 2.68. The van der Waals surface area contributed by atoms with Crippen LogP contribution in [-0.2, 0) is 9.47 Å². The number of ether oxygens (including phenoxy) is 2. The molecule has 1 heterocycles. The Kier molecular flexibility index (Phi) is 5.45. The van der Waals surface area contributed by atoms with Crippen LogP contribution in [0.2, 0.25) is 0 Å². The zero-order valence-electron chi connectivity index (χ0n) is 9.58. The summed E-state index contributed by atoms with van der Waals surface area (Å²) in [6.45, 7) is 5.11. The summed E-state index contributed by atoms with van der Waals surface area (Å²) in [7, 11) is 1.91. The van der Waals surface area contributed by atoms with Crippen molar-refractivity contribution in [2.24, 2.45) is 5.92 Å². The van der Waals surface area contributed by atoms with Gasteiger partial charge < -0.3 is 9.47 Å². The minimum absolute atomic E-state index is 0.0176. The maximum absolute atomic E-state index is 5.73. The number of rotatable bonds is 6. The molecule has 14 heavy (non-hydrogen) atoms. The molecule has 1 fully saturated rings. The highest BCUT2D eigenvalue weighted by Crippen LogP contribution is 2.24. The van der Waals surface area contributed by atoms with Gasteiger partial charge >= 0.3 is 0 Å². The molecule has 3 nitrogen and oxygen atoms in total. The normalized spacial score (nSPS) is 29.4. The fraction of sp³-hybridized carbons (Fsp3) is 1.00. The molecule has 3 unspecified atom stereocenters. The van der Waals surface area contributed by atoms with E-state index in [9.17, 15) is 0 Å². The van der Waals surface area contributed by atoms with Gasteiger partial charge in [0, 0.05) is 5.92 Å². The average molecular weight is 201 g/mol. The first-order valence-electron chi connectivity index (χ1n) is 5.76. The lowest BCUT2D eigenvalue weighted by Gasteiger charge is -2.20. The smallest absolute Gasteiger partial charge is 0.162 e. The van der Waals surface area contributed by atoms with Crippen molar-refractivity contribution >= 4 is 0 Å². The van der Waals surface area contributed by atoms with Gasteiger partial charge in [-0.2, -0.15) is 0 Å². The van der Waals surface area contributed by atoms with Crippen molar-refractivity contribution in [2.45, 2.75) is 52.0 Å². The number of unbranched alkanes of at least 4 members (excludes halogenated alkanes) is 1. The Morgan fingerprint density at radius 3 is 2.71 bits per heavy atom. The molecule has 84 valence electrons. The highest BCUT2D eigenvalue weighted by Gasteiger charge is 2.30. The minimum atomic E-state index is 0.0176. The Balaban J connectivity index is 2.30. The molecule has 0 spiro atoms. The monoisotopic (exact) mass is 201 g/mol. The standard InChI is InChI=1S/C11H23NO2/c1-4-6-7-9(5-2)11-13-8-10(12-3)14-11/h9-12H,4-8H2,1-3H3. The lowest BCUT2D eigenvalue weighted by atomic mass is 9.99. The second-order valence-electron chi connectivity index (χ2n) is 3.93. The molecule has 0 aromatic rings. The molecule has 3 atom stereocenters. The molecule has 0 saturated carbocycles. The van der Waals surface area contributed by atoms with Crippen molar-refractivity contribution in [3.8, 4) is 0 Å². The maximum atomic E-state index is 5.73. The van der Waals surface area contributed by atoms with Crippen molar-refractivity contribution < 1.29 is 9.47 Å². The number of hydrogen-bond acceptors (Lipinski definition) is 3. The summed E-state index contributed by atoms with van der Waals surface area (Å²) in [6, 6.07) is 0. The minimum Gasteiger partial charge on any atom is -0.348 e. The van der Waals surface area contributed by atoms with Crippen LogP contribution in [0.5, 0.6) is 0 Å². The quantitative estimate of drug-likeness (QED) is 0.714. The van der Waals surface area contributed by atoms with Crippen molar-refractivity contribution in [3.63, 3.8) is 0 Å². The van der Waals surface area contributed by atoms with Crippen LogP contribution >= 0.6 is 0 Å². The summed E-state index contributed by atoms with van der Waals surface area (Å²) in [4.78, 5) is 0. The molecule has 0 bridgehead atoms. The fourth-order valence-corrected chi connectivity index (χ4v) is 1.82. The molecule has 0 aliphatic carbocycles. The molecule has 0 aromatic carbocycles. The zero-order chi connectivity index (χ0) is 10.4. The first kappa shape index (κ1) is 12.0. The van der Waals surface area contributed by atoms with E-state index in [1.165, 1.54) is 19.3 Å². The van der Waals surface area contributed by atoms with E-state index >= 15 is 0 Å². The summed E-state index contributed by atoms with van der Waals surface area (Å²) in [5.74, 6) is 0.563. The fourth-order valence-electron chi connectivity index (χ4n) is 1.82. The van der Waals surface area contributed by atoms with Crippen LogP contribution in [0.1, 0.15) is 39.5 Å². The third-order valence-electron chi connectivity index (χ3n) is 2.87. The third kappa shape index (κ3) is 3.23. The van der Waals surface area contributed by atoms with Gasteiger partial charge in [-0.3, -0.25) is 5.32 Å². The van der Waals surface area contributed by atoms with Gasteiger partial charge in [-0.25, -0.2) is 0 Å². The van der Waals surface area contributed by atoms with Gasteiger partial charge in [0.1, 0.15) is 6.23 Å². The Morgan fingerprint density at radius 1 is 1.43 bits per heavy atom. The number of likely N-dealkylation sites (N-methyl/N-ethyl adjacent to an activating group) is 1. The molecular formula is C11H23NO2. The lowest BCUT2D eigenvalue weighted by Crippen LogP contribution is -2.29. The first-order chi connectivity index (χ1) is 6.81.